The molecule has 1 saturated heterocycles. The highest BCUT2D eigenvalue weighted by Crippen LogP contribution is 2.46. The van der Waals surface area contributed by atoms with Gasteiger partial charge < -0.3 is 10.4 Å². The smallest absolute Gasteiger partial charge is 0.0613 e. The molecule has 0 amide bonds. The van der Waals surface area contributed by atoms with Crippen LogP contribution in [0.25, 0.3) is 0 Å². The molecule has 136 valence electrons. The number of aliphatic hydroxyl groups excluding tert-OH is 1. The van der Waals surface area contributed by atoms with E-state index >= 15 is 0 Å². The zero-order chi connectivity index (χ0) is 17.7. The van der Waals surface area contributed by atoms with Crippen LogP contribution in [0.4, 0.5) is 0 Å². The molecular formula is C20H33ClN2O. The van der Waals surface area contributed by atoms with Gasteiger partial charge in [-0.05, 0) is 68.9 Å². The van der Waals surface area contributed by atoms with Crippen LogP contribution in [0.15, 0.2) is 24.3 Å². The van der Waals surface area contributed by atoms with Gasteiger partial charge in [0, 0.05) is 16.6 Å². The Morgan fingerprint density at radius 2 is 2.00 bits per heavy atom. The molecule has 2 rings (SSSR count). The predicted molar refractivity (Wildman–Crippen MR) is 102 cm³/mol. The molecular weight excluding hydrogens is 320 g/mol. The first kappa shape index (κ1) is 19.7. The number of nitrogens with one attached hydrogen (secondary N) is 1. The van der Waals surface area contributed by atoms with Crippen molar-refractivity contribution in [3.63, 3.8) is 0 Å². The summed E-state index contributed by atoms with van der Waals surface area (Å²) in [5, 5.41) is 14.4. The molecule has 0 aliphatic carbocycles. The molecule has 0 bridgehead atoms. The summed E-state index contributed by atoms with van der Waals surface area (Å²) in [5.74, 6) is 1.22. The first-order valence-corrected chi connectivity index (χ1v) is 9.63. The lowest BCUT2D eigenvalue weighted by Gasteiger charge is -2.37. The minimum atomic E-state index is -0.149. The second-order valence-electron chi connectivity index (χ2n) is 7.79. The summed E-state index contributed by atoms with van der Waals surface area (Å²) >= 11 is 6.07. The summed E-state index contributed by atoms with van der Waals surface area (Å²) in [5.41, 5.74) is 1.15. The van der Waals surface area contributed by atoms with E-state index in [0.717, 1.165) is 37.0 Å². The maximum Gasteiger partial charge on any atom is 0.0613 e. The highest BCUT2D eigenvalue weighted by atomic mass is 35.5. The van der Waals surface area contributed by atoms with Crippen LogP contribution in [0.1, 0.15) is 52.1 Å². The maximum atomic E-state index is 10.0. The van der Waals surface area contributed by atoms with Gasteiger partial charge in [0.2, 0.25) is 0 Å². The van der Waals surface area contributed by atoms with Crippen molar-refractivity contribution >= 4 is 11.6 Å². The number of rotatable bonds is 8. The van der Waals surface area contributed by atoms with Crippen LogP contribution in [0.2, 0.25) is 5.02 Å². The van der Waals surface area contributed by atoms with Gasteiger partial charge in [0.25, 0.3) is 0 Å². The standard InChI is InChI=1S/C20H33ClN2O/c1-5-23-19(16-6-8-18(21)9-7-16)17(12-20(23,4)14-24)13-22-11-10-15(2)3/h6-9,15,17,19,22,24H,5,10-14H2,1-4H3/t17-,19+,20+/m1/s1. The zero-order valence-electron chi connectivity index (χ0n) is 15.6. The van der Waals surface area contributed by atoms with Crippen molar-refractivity contribution in [2.45, 2.75) is 52.1 Å². The first-order valence-electron chi connectivity index (χ1n) is 9.25. The van der Waals surface area contributed by atoms with E-state index in [2.05, 4.69) is 50.0 Å². The highest BCUT2D eigenvalue weighted by molar-refractivity contribution is 6.30. The number of hydrogen-bond acceptors (Lipinski definition) is 3. The molecule has 2 N–H and O–H groups in total. The van der Waals surface area contributed by atoms with Crippen molar-refractivity contribution in [3.8, 4) is 0 Å². The van der Waals surface area contributed by atoms with Crippen molar-refractivity contribution in [1.82, 2.24) is 10.2 Å². The van der Waals surface area contributed by atoms with Crippen molar-refractivity contribution in [2.75, 3.05) is 26.2 Å². The monoisotopic (exact) mass is 352 g/mol. The van der Waals surface area contributed by atoms with Crippen LogP contribution in [0.5, 0.6) is 0 Å². The van der Waals surface area contributed by atoms with E-state index in [-0.39, 0.29) is 12.1 Å². The van der Waals surface area contributed by atoms with Crippen LogP contribution in [-0.4, -0.2) is 41.8 Å². The van der Waals surface area contributed by atoms with E-state index in [1.54, 1.807) is 0 Å². The molecule has 0 radical (unpaired) electrons. The largest absolute Gasteiger partial charge is 0.394 e. The molecule has 0 saturated carbocycles. The Labute approximate surface area is 152 Å². The molecule has 4 heteroatoms. The quantitative estimate of drug-likeness (QED) is 0.691. The predicted octanol–water partition coefficient (Wildman–Crippen LogP) is 4.11. The van der Waals surface area contributed by atoms with E-state index in [9.17, 15) is 5.11 Å². The lowest BCUT2D eigenvalue weighted by atomic mass is 9.90. The Morgan fingerprint density at radius 3 is 2.54 bits per heavy atom. The number of hydrogen-bond donors (Lipinski definition) is 2. The van der Waals surface area contributed by atoms with E-state index in [4.69, 9.17) is 11.6 Å². The van der Waals surface area contributed by atoms with Crippen LogP contribution in [0.3, 0.4) is 0 Å². The second kappa shape index (κ2) is 8.66. The van der Waals surface area contributed by atoms with E-state index in [1.807, 2.05) is 12.1 Å². The fourth-order valence-corrected chi connectivity index (χ4v) is 4.22. The van der Waals surface area contributed by atoms with Gasteiger partial charge >= 0.3 is 0 Å². The van der Waals surface area contributed by atoms with Crippen LogP contribution < -0.4 is 5.32 Å². The van der Waals surface area contributed by atoms with Gasteiger partial charge in [0.15, 0.2) is 0 Å². The molecule has 1 aliphatic rings. The third-order valence-corrected chi connectivity index (χ3v) is 5.63. The SMILES string of the molecule is CCN1[C@@H](c2ccc(Cl)cc2)[C@@H](CNCCC(C)C)C[C@@]1(C)CO. The molecule has 0 aromatic heterocycles. The maximum absolute atomic E-state index is 10.0. The third-order valence-electron chi connectivity index (χ3n) is 5.38. The second-order valence-corrected chi connectivity index (χ2v) is 8.22. The fourth-order valence-electron chi connectivity index (χ4n) is 4.09. The topological polar surface area (TPSA) is 35.5 Å². The summed E-state index contributed by atoms with van der Waals surface area (Å²) in [6.45, 7) is 12.1. The van der Waals surface area contributed by atoms with Gasteiger partial charge in [-0.15, -0.1) is 0 Å². The Hall–Kier alpha value is -0.610. The zero-order valence-corrected chi connectivity index (χ0v) is 16.3. The summed E-state index contributed by atoms with van der Waals surface area (Å²) in [6, 6.07) is 8.56. The van der Waals surface area contributed by atoms with Gasteiger partial charge in [-0.3, -0.25) is 4.90 Å². The van der Waals surface area contributed by atoms with Crippen LogP contribution in [0, 0.1) is 11.8 Å². The number of likely N-dealkylation sites (N-methyl/N-ethyl adjacent to an activating group) is 1. The Morgan fingerprint density at radius 1 is 1.33 bits per heavy atom. The van der Waals surface area contributed by atoms with Crippen LogP contribution in [-0.2, 0) is 0 Å². The van der Waals surface area contributed by atoms with Crippen molar-refractivity contribution in [1.29, 1.82) is 0 Å². The normalized spacial score (nSPS) is 28.0. The van der Waals surface area contributed by atoms with E-state index in [0.29, 0.717) is 12.0 Å². The van der Waals surface area contributed by atoms with Crippen molar-refractivity contribution < 1.29 is 5.11 Å². The van der Waals surface area contributed by atoms with Gasteiger partial charge in [-0.25, -0.2) is 0 Å². The summed E-state index contributed by atoms with van der Waals surface area (Å²) in [7, 11) is 0. The molecule has 24 heavy (non-hydrogen) atoms. The number of aliphatic hydroxyl groups is 1. The Kier molecular flexibility index (Phi) is 7.11. The molecule has 1 fully saturated rings. The van der Waals surface area contributed by atoms with Gasteiger partial charge in [-0.2, -0.15) is 0 Å². The van der Waals surface area contributed by atoms with Crippen LogP contribution >= 0.6 is 11.6 Å². The molecule has 3 atom stereocenters. The highest BCUT2D eigenvalue weighted by Gasteiger charge is 2.47. The molecule has 0 unspecified atom stereocenters. The summed E-state index contributed by atoms with van der Waals surface area (Å²) in [6.07, 6.45) is 2.21. The molecule has 1 aromatic carbocycles. The molecule has 1 aliphatic heterocycles. The van der Waals surface area contributed by atoms with E-state index in [1.165, 1.54) is 12.0 Å². The minimum absolute atomic E-state index is 0.149. The molecule has 0 spiro atoms. The number of nitrogens with zero attached hydrogens (tertiary/aromatic N) is 1. The fraction of sp³-hybridized carbons (Fsp3) is 0.700. The Balaban J connectivity index is 2.17. The molecule has 1 aromatic rings. The lowest BCUT2D eigenvalue weighted by Crippen LogP contribution is -2.45. The summed E-state index contributed by atoms with van der Waals surface area (Å²) in [4.78, 5) is 2.46. The summed E-state index contributed by atoms with van der Waals surface area (Å²) < 4.78 is 0. The van der Waals surface area contributed by atoms with Gasteiger partial charge in [0.1, 0.15) is 0 Å². The number of halogens is 1. The third kappa shape index (κ3) is 4.51. The molecule has 1 heterocycles. The average molecular weight is 353 g/mol. The average Bonchev–Trinajstić information content (AvgIpc) is 2.84. The van der Waals surface area contributed by atoms with Crippen molar-refractivity contribution in [2.24, 2.45) is 11.8 Å². The van der Waals surface area contributed by atoms with Crippen molar-refractivity contribution in [3.05, 3.63) is 34.9 Å². The van der Waals surface area contributed by atoms with E-state index < -0.39 is 0 Å². The van der Waals surface area contributed by atoms with Gasteiger partial charge in [-0.1, -0.05) is 44.5 Å². The first-order chi connectivity index (χ1) is 11.4. The Bertz CT molecular complexity index is 505. The van der Waals surface area contributed by atoms with Gasteiger partial charge in [0.05, 0.1) is 6.61 Å². The molecule has 3 nitrogen and oxygen atoms in total. The number of benzene rings is 1. The number of likely N-dealkylation sites (tertiary alicyclic amines) is 1. The minimum Gasteiger partial charge on any atom is -0.394 e. The lowest BCUT2D eigenvalue weighted by molar-refractivity contribution is 0.0579.